The third-order valence-corrected chi connectivity index (χ3v) is 6.70. The molecule has 4 rings (SSSR count). The molecule has 0 N–H and O–H groups in total. The van der Waals surface area contributed by atoms with E-state index >= 15 is 0 Å². The van der Waals surface area contributed by atoms with E-state index < -0.39 is 0 Å². The Balaban J connectivity index is 1.45. The van der Waals surface area contributed by atoms with Gasteiger partial charge in [0.1, 0.15) is 5.75 Å². The first-order valence-electron chi connectivity index (χ1n) is 11.4. The van der Waals surface area contributed by atoms with Crippen LogP contribution < -0.4 is 4.74 Å². The van der Waals surface area contributed by atoms with Gasteiger partial charge in [0.15, 0.2) is 0 Å². The fourth-order valence-electron chi connectivity index (χ4n) is 4.45. The number of pyridine rings is 1. The van der Waals surface area contributed by atoms with Crippen molar-refractivity contribution in [1.82, 2.24) is 14.8 Å². The number of carbonyl (C=O) groups is 2. The zero-order valence-corrected chi connectivity index (χ0v) is 19.7. The van der Waals surface area contributed by atoms with Crippen molar-refractivity contribution in [2.45, 2.75) is 26.2 Å². The van der Waals surface area contributed by atoms with Crippen LogP contribution in [0.1, 0.15) is 35.2 Å². The van der Waals surface area contributed by atoms with Gasteiger partial charge in [-0.3, -0.25) is 14.6 Å². The lowest BCUT2D eigenvalue weighted by Crippen LogP contribution is -2.49. The van der Waals surface area contributed by atoms with Crippen LogP contribution in [-0.2, 0) is 9.53 Å². The summed E-state index contributed by atoms with van der Waals surface area (Å²) in [6.07, 6.45) is 5.12. The molecule has 0 bridgehead atoms. The van der Waals surface area contributed by atoms with E-state index in [0.29, 0.717) is 81.6 Å². The fourth-order valence-corrected chi connectivity index (χ4v) is 4.63. The molecule has 2 fully saturated rings. The van der Waals surface area contributed by atoms with Crippen molar-refractivity contribution in [2.24, 2.45) is 5.41 Å². The summed E-state index contributed by atoms with van der Waals surface area (Å²) in [5.74, 6) is 0.788. The van der Waals surface area contributed by atoms with Gasteiger partial charge in [0.25, 0.3) is 5.91 Å². The van der Waals surface area contributed by atoms with Gasteiger partial charge in [-0.15, -0.1) is 0 Å². The smallest absolute Gasteiger partial charge is 0.255 e. The van der Waals surface area contributed by atoms with Gasteiger partial charge in [-0.05, 0) is 49.6 Å². The van der Waals surface area contributed by atoms with E-state index in [1.165, 1.54) is 0 Å². The van der Waals surface area contributed by atoms with Crippen molar-refractivity contribution < 1.29 is 19.1 Å². The molecule has 0 atom stereocenters. The molecule has 0 radical (unpaired) electrons. The van der Waals surface area contributed by atoms with Crippen molar-refractivity contribution in [3.8, 4) is 5.75 Å². The van der Waals surface area contributed by atoms with Crippen molar-refractivity contribution >= 4 is 23.4 Å². The van der Waals surface area contributed by atoms with Crippen LogP contribution in [0.3, 0.4) is 0 Å². The van der Waals surface area contributed by atoms with Crippen LogP contribution in [0.4, 0.5) is 0 Å². The molecule has 2 aliphatic heterocycles. The van der Waals surface area contributed by atoms with Crippen molar-refractivity contribution in [1.29, 1.82) is 0 Å². The predicted octanol–water partition coefficient (Wildman–Crippen LogP) is 3.59. The summed E-state index contributed by atoms with van der Waals surface area (Å²) < 4.78 is 11.5. The lowest BCUT2D eigenvalue weighted by molar-refractivity contribution is -0.139. The second-order valence-electron chi connectivity index (χ2n) is 8.96. The molecular formula is C25H30ClN3O4. The maximum Gasteiger partial charge on any atom is 0.255 e. The normalized spacial score (nSPS) is 18.1. The number of nitrogens with zero attached hydrogens (tertiary/aromatic N) is 3. The quantitative estimate of drug-likeness (QED) is 0.643. The number of hydrogen-bond acceptors (Lipinski definition) is 5. The highest BCUT2D eigenvalue weighted by Gasteiger charge is 2.40. The molecule has 0 saturated carbocycles. The Kier molecular flexibility index (Phi) is 7.50. The predicted molar refractivity (Wildman–Crippen MR) is 126 cm³/mol. The van der Waals surface area contributed by atoms with Gasteiger partial charge in [0, 0.05) is 55.4 Å². The highest BCUT2D eigenvalue weighted by atomic mass is 35.5. The number of morpholine rings is 1. The Morgan fingerprint density at radius 3 is 2.55 bits per heavy atom. The maximum atomic E-state index is 13.1. The number of aromatic nitrogens is 1. The number of carbonyl (C=O) groups excluding carboxylic acids is 2. The third-order valence-electron chi connectivity index (χ3n) is 6.46. The second kappa shape index (κ2) is 10.5. The summed E-state index contributed by atoms with van der Waals surface area (Å²) in [5.41, 5.74) is 1.21. The van der Waals surface area contributed by atoms with E-state index in [1.807, 2.05) is 34.9 Å². The number of hydrogen-bond donors (Lipinski definition) is 0. The third kappa shape index (κ3) is 6.03. The number of rotatable bonds is 6. The van der Waals surface area contributed by atoms with Crippen molar-refractivity contribution in [3.05, 3.63) is 58.9 Å². The largest absolute Gasteiger partial charge is 0.493 e. The van der Waals surface area contributed by atoms with Gasteiger partial charge >= 0.3 is 0 Å². The first-order valence-corrected chi connectivity index (χ1v) is 11.8. The number of benzene rings is 1. The van der Waals surface area contributed by atoms with E-state index in [2.05, 4.69) is 4.98 Å². The fraction of sp³-hybridized carbons (Fsp3) is 0.480. The highest BCUT2D eigenvalue weighted by molar-refractivity contribution is 6.30. The molecule has 7 nitrogen and oxygen atoms in total. The van der Waals surface area contributed by atoms with Crippen LogP contribution in [0.5, 0.6) is 5.75 Å². The molecule has 3 heterocycles. The minimum absolute atomic E-state index is 0.0185. The van der Waals surface area contributed by atoms with Crippen molar-refractivity contribution in [2.75, 3.05) is 46.0 Å². The number of piperidine rings is 1. The first kappa shape index (κ1) is 23.5. The average Bonchev–Trinajstić information content (AvgIpc) is 2.83. The minimum atomic E-state index is -0.348. The van der Waals surface area contributed by atoms with Crippen LogP contribution >= 0.6 is 11.6 Å². The van der Waals surface area contributed by atoms with Crippen molar-refractivity contribution in [3.63, 3.8) is 0 Å². The number of halogens is 1. The molecule has 2 saturated heterocycles. The molecule has 0 spiro atoms. The molecule has 2 aromatic rings. The van der Waals surface area contributed by atoms with E-state index in [4.69, 9.17) is 21.1 Å². The molecule has 176 valence electrons. The Morgan fingerprint density at radius 2 is 1.85 bits per heavy atom. The lowest BCUT2D eigenvalue weighted by Gasteiger charge is -2.42. The van der Waals surface area contributed by atoms with Crippen LogP contribution in [0.25, 0.3) is 0 Å². The van der Waals surface area contributed by atoms with Crippen LogP contribution in [0.15, 0.2) is 42.7 Å². The van der Waals surface area contributed by atoms with Gasteiger partial charge in [0.2, 0.25) is 5.91 Å². The number of amides is 2. The molecule has 0 unspecified atom stereocenters. The summed E-state index contributed by atoms with van der Waals surface area (Å²) in [4.78, 5) is 34.0. The zero-order valence-electron chi connectivity index (χ0n) is 19.0. The number of likely N-dealkylation sites (tertiary alicyclic amines) is 1. The lowest BCUT2D eigenvalue weighted by atomic mass is 9.75. The van der Waals surface area contributed by atoms with Gasteiger partial charge < -0.3 is 19.3 Å². The molecular weight excluding hydrogens is 442 g/mol. The molecule has 2 aliphatic rings. The summed E-state index contributed by atoms with van der Waals surface area (Å²) in [5, 5.41) is 0.609. The Labute approximate surface area is 199 Å². The maximum absolute atomic E-state index is 13.1. The number of aryl methyl sites for hydroxylation is 1. The molecule has 8 heteroatoms. The summed E-state index contributed by atoms with van der Waals surface area (Å²) >= 11 is 6.11. The minimum Gasteiger partial charge on any atom is -0.493 e. The Morgan fingerprint density at radius 1 is 1.09 bits per heavy atom. The second-order valence-corrected chi connectivity index (χ2v) is 9.40. The van der Waals surface area contributed by atoms with Gasteiger partial charge in [-0.1, -0.05) is 17.7 Å². The van der Waals surface area contributed by atoms with Crippen LogP contribution in [-0.4, -0.2) is 72.6 Å². The van der Waals surface area contributed by atoms with Crippen LogP contribution in [0.2, 0.25) is 5.02 Å². The average molecular weight is 472 g/mol. The SMILES string of the molecule is Cc1cncc(C(=O)N2CCC(COc3cccc(Cl)c3)(CC(=O)N3CCOCC3)CC2)c1. The molecule has 0 aliphatic carbocycles. The number of ether oxygens (including phenoxy) is 2. The van der Waals surface area contributed by atoms with E-state index in [0.717, 1.165) is 5.56 Å². The first-order chi connectivity index (χ1) is 15.9. The Hall–Kier alpha value is -2.64. The molecule has 33 heavy (non-hydrogen) atoms. The van der Waals surface area contributed by atoms with Gasteiger partial charge in [-0.2, -0.15) is 0 Å². The van der Waals surface area contributed by atoms with E-state index in [1.54, 1.807) is 24.5 Å². The summed E-state index contributed by atoms with van der Waals surface area (Å²) in [6.45, 7) is 5.86. The molecule has 1 aromatic carbocycles. The molecule has 2 amide bonds. The molecule has 1 aromatic heterocycles. The van der Waals surface area contributed by atoms with Gasteiger partial charge in [-0.25, -0.2) is 0 Å². The van der Waals surface area contributed by atoms with Crippen LogP contribution in [0, 0.1) is 12.3 Å². The summed E-state index contributed by atoms with van der Waals surface area (Å²) in [6, 6.07) is 9.16. The topological polar surface area (TPSA) is 72.0 Å². The Bertz CT molecular complexity index is 985. The standard InChI is InChI=1S/C25H30ClN3O4/c1-19-13-20(17-27-16-19)24(31)29-7-5-25(6-8-29,15-23(30)28-9-11-32-12-10-28)18-33-22-4-2-3-21(26)14-22/h2-4,13-14,16-17H,5-12,15,18H2,1H3. The zero-order chi connectivity index (χ0) is 23.3. The highest BCUT2D eigenvalue weighted by Crippen LogP contribution is 2.37. The van der Waals surface area contributed by atoms with E-state index in [9.17, 15) is 9.59 Å². The van der Waals surface area contributed by atoms with Gasteiger partial charge in [0.05, 0.1) is 25.4 Å². The summed E-state index contributed by atoms with van der Waals surface area (Å²) in [7, 11) is 0. The van der Waals surface area contributed by atoms with E-state index in [-0.39, 0.29) is 17.2 Å². The monoisotopic (exact) mass is 471 g/mol.